The number of morpholine rings is 1. The van der Waals surface area contributed by atoms with Gasteiger partial charge in [0.1, 0.15) is 5.82 Å². The van der Waals surface area contributed by atoms with E-state index in [1.807, 2.05) is 6.07 Å². The van der Waals surface area contributed by atoms with E-state index in [4.69, 9.17) is 4.74 Å². The molecule has 1 aromatic carbocycles. The Bertz CT molecular complexity index is 869. The molecule has 148 valence electrons. The van der Waals surface area contributed by atoms with Crippen molar-refractivity contribution in [2.45, 2.75) is 25.6 Å². The highest BCUT2D eigenvalue weighted by Gasteiger charge is 2.26. The molecular weight excluding hydrogens is 375 g/mol. The second-order valence-electron chi connectivity index (χ2n) is 7.09. The number of imidazole rings is 1. The Morgan fingerprint density at radius 2 is 2.32 bits per heavy atom. The van der Waals surface area contributed by atoms with Gasteiger partial charge in [0.15, 0.2) is 0 Å². The van der Waals surface area contributed by atoms with Crippen LogP contribution >= 0.6 is 11.3 Å². The van der Waals surface area contributed by atoms with Crippen molar-refractivity contribution in [2.75, 3.05) is 26.2 Å². The van der Waals surface area contributed by atoms with Gasteiger partial charge < -0.3 is 14.6 Å². The van der Waals surface area contributed by atoms with E-state index in [1.165, 1.54) is 4.88 Å². The minimum atomic E-state index is -0.242. The van der Waals surface area contributed by atoms with Crippen molar-refractivity contribution in [3.05, 3.63) is 70.7 Å². The van der Waals surface area contributed by atoms with Crippen LogP contribution in [0.5, 0.6) is 0 Å². The maximum Gasteiger partial charge on any atom is 0.147 e. The fourth-order valence-electron chi connectivity index (χ4n) is 3.64. The first-order valence-electron chi connectivity index (χ1n) is 9.57. The molecule has 1 fully saturated rings. The molecule has 1 N–H and O–H groups in total. The molecule has 0 saturated carbocycles. The topological polar surface area (TPSA) is 42.3 Å². The molecule has 1 aliphatic heterocycles. The molecule has 0 bridgehead atoms. The van der Waals surface area contributed by atoms with Crippen molar-refractivity contribution >= 4 is 11.3 Å². The first kappa shape index (κ1) is 19.3. The molecular formula is C21H25FN4OS. The molecule has 0 radical (unpaired) electrons. The van der Waals surface area contributed by atoms with E-state index >= 15 is 0 Å². The van der Waals surface area contributed by atoms with Gasteiger partial charge in [0.05, 0.1) is 30.8 Å². The predicted octanol–water partition coefficient (Wildman–Crippen LogP) is 3.62. The van der Waals surface area contributed by atoms with Crippen LogP contribution in [0.15, 0.2) is 54.4 Å². The van der Waals surface area contributed by atoms with Crippen LogP contribution in [-0.2, 0) is 11.3 Å². The molecule has 5 nitrogen and oxygen atoms in total. The van der Waals surface area contributed by atoms with Gasteiger partial charge in [0, 0.05) is 43.4 Å². The van der Waals surface area contributed by atoms with Gasteiger partial charge in [-0.3, -0.25) is 4.90 Å². The van der Waals surface area contributed by atoms with Crippen LogP contribution < -0.4 is 5.32 Å². The van der Waals surface area contributed by atoms with Crippen LogP contribution in [0.2, 0.25) is 0 Å². The van der Waals surface area contributed by atoms with Crippen molar-refractivity contribution in [1.29, 1.82) is 0 Å². The molecule has 4 rings (SSSR count). The van der Waals surface area contributed by atoms with Crippen LogP contribution in [-0.4, -0.2) is 46.8 Å². The lowest BCUT2D eigenvalue weighted by atomic mass is 10.1. The molecule has 0 amide bonds. The normalized spacial score (nSPS) is 19.0. The lowest BCUT2D eigenvalue weighted by molar-refractivity contribution is -0.0339. The molecule has 2 unspecified atom stereocenters. The zero-order valence-electron chi connectivity index (χ0n) is 15.9. The van der Waals surface area contributed by atoms with E-state index in [-0.39, 0.29) is 11.9 Å². The average Bonchev–Trinajstić information content (AvgIpc) is 3.39. The summed E-state index contributed by atoms with van der Waals surface area (Å²) in [5.74, 6) is -0.242. The fraction of sp³-hybridized carbons (Fsp3) is 0.381. The number of ether oxygens (including phenoxy) is 1. The Kier molecular flexibility index (Phi) is 6.17. The second kappa shape index (κ2) is 8.96. The summed E-state index contributed by atoms with van der Waals surface area (Å²) in [7, 11) is 0. The second-order valence-corrected chi connectivity index (χ2v) is 8.07. The first-order chi connectivity index (χ1) is 13.7. The van der Waals surface area contributed by atoms with Crippen molar-refractivity contribution in [2.24, 2.45) is 0 Å². The van der Waals surface area contributed by atoms with Gasteiger partial charge in [-0.2, -0.15) is 0 Å². The van der Waals surface area contributed by atoms with Gasteiger partial charge in [0.2, 0.25) is 0 Å². The number of aromatic nitrogens is 2. The van der Waals surface area contributed by atoms with Crippen LogP contribution in [0.25, 0.3) is 5.69 Å². The number of nitrogens with one attached hydrogen (secondary N) is 1. The number of hydrogen-bond acceptors (Lipinski definition) is 5. The van der Waals surface area contributed by atoms with Crippen LogP contribution in [0.4, 0.5) is 4.39 Å². The van der Waals surface area contributed by atoms with Crippen molar-refractivity contribution < 1.29 is 9.13 Å². The Hall–Kier alpha value is -2.06. The molecule has 28 heavy (non-hydrogen) atoms. The summed E-state index contributed by atoms with van der Waals surface area (Å²) in [5, 5.41) is 5.64. The summed E-state index contributed by atoms with van der Waals surface area (Å²) in [6, 6.07) is 9.95. The first-order valence-corrected chi connectivity index (χ1v) is 10.4. The van der Waals surface area contributed by atoms with E-state index in [1.54, 1.807) is 46.8 Å². The molecule has 2 aromatic heterocycles. The summed E-state index contributed by atoms with van der Waals surface area (Å²) in [6.45, 7) is 6.20. The SMILES string of the molecule is CC1CN(C(CNCc2ccc(-n3ccnc3)c(F)c2)c2cccs2)CCO1. The van der Waals surface area contributed by atoms with E-state index < -0.39 is 0 Å². The molecule has 7 heteroatoms. The quantitative estimate of drug-likeness (QED) is 0.658. The van der Waals surface area contributed by atoms with Crippen LogP contribution in [0.3, 0.4) is 0 Å². The standard InChI is InChI=1S/C21H25FN4OS/c1-16-14-25(8-9-27-16)20(21-3-2-10-28-21)13-24-12-17-4-5-19(18(22)11-17)26-7-6-23-15-26/h2-7,10-11,15-16,20,24H,8-9,12-14H2,1H3. The zero-order chi connectivity index (χ0) is 19.3. The molecule has 3 aromatic rings. The summed E-state index contributed by atoms with van der Waals surface area (Å²) in [6.07, 6.45) is 5.24. The zero-order valence-corrected chi connectivity index (χ0v) is 16.7. The number of nitrogens with zero attached hydrogens (tertiary/aromatic N) is 3. The third-order valence-electron chi connectivity index (χ3n) is 5.05. The monoisotopic (exact) mass is 400 g/mol. The number of rotatable bonds is 7. The van der Waals surface area contributed by atoms with E-state index in [2.05, 4.69) is 39.6 Å². The minimum Gasteiger partial charge on any atom is -0.376 e. The van der Waals surface area contributed by atoms with Gasteiger partial charge in [-0.1, -0.05) is 12.1 Å². The van der Waals surface area contributed by atoms with Crippen molar-refractivity contribution in [3.8, 4) is 5.69 Å². The molecule has 0 aliphatic carbocycles. The highest BCUT2D eigenvalue weighted by Crippen LogP contribution is 2.26. The summed E-state index contributed by atoms with van der Waals surface area (Å²) >= 11 is 1.78. The van der Waals surface area contributed by atoms with Gasteiger partial charge >= 0.3 is 0 Å². The summed E-state index contributed by atoms with van der Waals surface area (Å²) < 4.78 is 21.8. The average molecular weight is 401 g/mol. The smallest absolute Gasteiger partial charge is 0.147 e. The van der Waals surface area contributed by atoms with Gasteiger partial charge in [-0.15, -0.1) is 11.3 Å². The Morgan fingerprint density at radius 3 is 3.04 bits per heavy atom. The Labute approximate surface area is 168 Å². The van der Waals surface area contributed by atoms with Gasteiger partial charge in [0.25, 0.3) is 0 Å². The van der Waals surface area contributed by atoms with E-state index in [0.29, 0.717) is 18.3 Å². The maximum atomic E-state index is 14.5. The van der Waals surface area contributed by atoms with Crippen molar-refractivity contribution in [1.82, 2.24) is 19.8 Å². The minimum absolute atomic E-state index is 0.242. The van der Waals surface area contributed by atoms with Gasteiger partial charge in [-0.25, -0.2) is 9.37 Å². The Morgan fingerprint density at radius 1 is 1.39 bits per heavy atom. The Balaban J connectivity index is 1.40. The number of benzene rings is 1. The third kappa shape index (κ3) is 4.50. The van der Waals surface area contributed by atoms with E-state index in [0.717, 1.165) is 31.8 Å². The molecule has 3 heterocycles. The van der Waals surface area contributed by atoms with Crippen LogP contribution in [0.1, 0.15) is 23.4 Å². The fourth-order valence-corrected chi connectivity index (χ4v) is 4.50. The molecule has 2 atom stereocenters. The lowest BCUT2D eigenvalue weighted by Gasteiger charge is -2.37. The third-order valence-corrected chi connectivity index (χ3v) is 6.02. The molecule has 1 saturated heterocycles. The maximum absolute atomic E-state index is 14.5. The predicted molar refractivity (Wildman–Crippen MR) is 109 cm³/mol. The van der Waals surface area contributed by atoms with Crippen molar-refractivity contribution in [3.63, 3.8) is 0 Å². The highest BCUT2D eigenvalue weighted by atomic mass is 32.1. The lowest BCUT2D eigenvalue weighted by Crippen LogP contribution is -2.45. The molecule has 1 aliphatic rings. The van der Waals surface area contributed by atoms with Crippen LogP contribution in [0, 0.1) is 5.82 Å². The number of halogens is 1. The molecule has 0 spiro atoms. The van der Waals surface area contributed by atoms with Gasteiger partial charge in [-0.05, 0) is 36.1 Å². The number of thiophene rings is 1. The summed E-state index contributed by atoms with van der Waals surface area (Å²) in [5.41, 5.74) is 1.45. The summed E-state index contributed by atoms with van der Waals surface area (Å²) in [4.78, 5) is 7.81. The highest BCUT2D eigenvalue weighted by molar-refractivity contribution is 7.10. The largest absolute Gasteiger partial charge is 0.376 e. The van der Waals surface area contributed by atoms with E-state index in [9.17, 15) is 4.39 Å². The number of hydrogen-bond donors (Lipinski definition) is 1.